The lowest BCUT2D eigenvalue weighted by molar-refractivity contribution is -0.127. The zero-order chi connectivity index (χ0) is 26.6. The number of nitrogens with one attached hydrogen (secondary N) is 1. The number of likely N-dealkylation sites (tertiary alicyclic amines) is 1. The molecule has 3 aromatic heterocycles. The standard InChI is InChI=1S/C27H26FN7O3/c1-38-15-3-5-22(36)34-13-2-4-20(34)26-33-23(24-25(29)31-12-14-35(24)26)17-6-8-18(9-7-17)27(37)32-21-16-19(28)10-11-30-21/h3,5-12,14,16,20H,2,4,13,15H2,1H3,(H2,29,31)(H,30,32,37)/t20-/m0/s1. The molecule has 1 atom stereocenters. The van der Waals surface area contributed by atoms with Gasteiger partial charge >= 0.3 is 0 Å². The molecule has 1 saturated heterocycles. The van der Waals surface area contributed by atoms with E-state index >= 15 is 0 Å². The quantitative estimate of drug-likeness (QED) is 0.360. The summed E-state index contributed by atoms with van der Waals surface area (Å²) >= 11 is 0. The topological polar surface area (TPSA) is 128 Å². The molecule has 0 radical (unpaired) electrons. The van der Waals surface area contributed by atoms with Gasteiger partial charge in [-0.3, -0.25) is 14.0 Å². The van der Waals surface area contributed by atoms with Crippen LogP contribution in [0.4, 0.5) is 16.0 Å². The molecule has 1 aromatic carbocycles. The number of benzene rings is 1. The number of imidazole rings is 1. The molecule has 5 rings (SSSR count). The Morgan fingerprint density at radius 1 is 1.21 bits per heavy atom. The van der Waals surface area contributed by atoms with Crippen molar-refractivity contribution in [2.75, 3.05) is 31.3 Å². The zero-order valence-corrected chi connectivity index (χ0v) is 20.7. The van der Waals surface area contributed by atoms with Gasteiger partial charge in [0.1, 0.15) is 34.5 Å². The van der Waals surface area contributed by atoms with Crippen molar-refractivity contribution in [3.8, 4) is 11.3 Å². The Morgan fingerprint density at radius 3 is 2.79 bits per heavy atom. The highest BCUT2D eigenvalue weighted by molar-refractivity contribution is 6.04. The Balaban J connectivity index is 1.46. The zero-order valence-electron chi connectivity index (χ0n) is 20.7. The minimum absolute atomic E-state index is 0.104. The summed E-state index contributed by atoms with van der Waals surface area (Å²) in [6, 6.07) is 8.93. The van der Waals surface area contributed by atoms with Gasteiger partial charge in [0.05, 0.1) is 12.6 Å². The summed E-state index contributed by atoms with van der Waals surface area (Å²) in [6.07, 6.45) is 9.50. The molecule has 38 heavy (non-hydrogen) atoms. The second-order valence-electron chi connectivity index (χ2n) is 8.79. The number of nitrogens with two attached hydrogens (primary N) is 1. The number of rotatable bonds is 7. The number of aromatic nitrogens is 4. The van der Waals surface area contributed by atoms with Gasteiger partial charge < -0.3 is 20.7 Å². The van der Waals surface area contributed by atoms with Crippen molar-refractivity contribution >= 4 is 29.0 Å². The highest BCUT2D eigenvalue weighted by Gasteiger charge is 2.33. The van der Waals surface area contributed by atoms with E-state index in [1.807, 2.05) is 4.40 Å². The fraction of sp³-hybridized carbons (Fsp3) is 0.222. The van der Waals surface area contributed by atoms with Crippen LogP contribution in [0.15, 0.2) is 67.1 Å². The number of hydrogen-bond donors (Lipinski definition) is 2. The van der Waals surface area contributed by atoms with E-state index in [1.165, 1.54) is 18.3 Å². The molecule has 0 unspecified atom stereocenters. The van der Waals surface area contributed by atoms with Crippen molar-refractivity contribution in [1.82, 2.24) is 24.3 Å². The summed E-state index contributed by atoms with van der Waals surface area (Å²) in [4.78, 5) is 40.4. The van der Waals surface area contributed by atoms with Crippen LogP contribution in [0.2, 0.25) is 0 Å². The fourth-order valence-electron chi connectivity index (χ4n) is 4.60. The molecule has 0 aliphatic carbocycles. The molecule has 4 aromatic rings. The van der Waals surface area contributed by atoms with Crippen LogP contribution in [0.5, 0.6) is 0 Å². The van der Waals surface area contributed by atoms with Crippen molar-refractivity contribution in [3.05, 3.63) is 84.3 Å². The Bertz CT molecular complexity index is 1520. The largest absolute Gasteiger partial charge is 0.382 e. The van der Waals surface area contributed by atoms with E-state index in [0.717, 1.165) is 24.5 Å². The van der Waals surface area contributed by atoms with Gasteiger partial charge in [-0.25, -0.2) is 19.3 Å². The second kappa shape index (κ2) is 10.8. The molecule has 0 spiro atoms. The first-order chi connectivity index (χ1) is 18.5. The Kier molecular flexibility index (Phi) is 7.09. The molecule has 4 heterocycles. The van der Waals surface area contributed by atoms with Crippen LogP contribution in [0, 0.1) is 5.82 Å². The van der Waals surface area contributed by atoms with E-state index in [-0.39, 0.29) is 17.8 Å². The average Bonchev–Trinajstić information content (AvgIpc) is 3.55. The first-order valence-corrected chi connectivity index (χ1v) is 12.1. The Labute approximate surface area is 218 Å². The number of pyridine rings is 1. The molecule has 11 heteroatoms. The minimum Gasteiger partial charge on any atom is -0.382 e. The van der Waals surface area contributed by atoms with E-state index in [4.69, 9.17) is 15.5 Å². The molecular weight excluding hydrogens is 489 g/mol. The molecule has 0 bridgehead atoms. The highest BCUT2D eigenvalue weighted by Crippen LogP contribution is 2.36. The van der Waals surface area contributed by atoms with Gasteiger partial charge in [-0.2, -0.15) is 0 Å². The maximum Gasteiger partial charge on any atom is 0.256 e. The van der Waals surface area contributed by atoms with Crippen molar-refractivity contribution in [1.29, 1.82) is 0 Å². The minimum atomic E-state index is -0.493. The smallest absolute Gasteiger partial charge is 0.256 e. The summed E-state index contributed by atoms with van der Waals surface area (Å²) < 4.78 is 20.3. The normalized spacial score (nSPS) is 15.4. The highest BCUT2D eigenvalue weighted by atomic mass is 19.1. The predicted molar refractivity (Wildman–Crippen MR) is 140 cm³/mol. The molecule has 10 nitrogen and oxygen atoms in total. The lowest BCUT2D eigenvalue weighted by Gasteiger charge is -2.22. The average molecular weight is 516 g/mol. The number of nitrogen functional groups attached to an aromatic ring is 1. The van der Waals surface area contributed by atoms with Crippen LogP contribution < -0.4 is 11.1 Å². The molecule has 1 aliphatic rings. The van der Waals surface area contributed by atoms with Crippen molar-refractivity contribution in [2.45, 2.75) is 18.9 Å². The van der Waals surface area contributed by atoms with E-state index in [9.17, 15) is 14.0 Å². The molecule has 3 N–H and O–H groups in total. The van der Waals surface area contributed by atoms with Crippen LogP contribution in [-0.4, -0.2) is 56.3 Å². The van der Waals surface area contributed by atoms with Crippen LogP contribution in [0.1, 0.15) is 35.1 Å². The summed E-state index contributed by atoms with van der Waals surface area (Å²) in [7, 11) is 1.57. The van der Waals surface area contributed by atoms with Crippen molar-refractivity contribution in [3.63, 3.8) is 0 Å². The SMILES string of the molecule is COCC=CC(=O)N1CCC[C@H]1c1nc(-c2ccc(C(=O)Nc3cc(F)ccn3)cc2)c2c(N)nccn12. The monoisotopic (exact) mass is 515 g/mol. The third kappa shape index (κ3) is 4.96. The van der Waals surface area contributed by atoms with Gasteiger partial charge in [-0.05, 0) is 31.0 Å². The van der Waals surface area contributed by atoms with Gasteiger partial charge in [0.15, 0.2) is 0 Å². The van der Waals surface area contributed by atoms with Crippen LogP contribution in [0.25, 0.3) is 16.8 Å². The van der Waals surface area contributed by atoms with E-state index in [1.54, 1.807) is 54.7 Å². The number of carbonyl (C=O) groups is 2. The molecular formula is C27H26FN7O3. The third-order valence-corrected chi connectivity index (χ3v) is 6.35. The number of amides is 2. The Morgan fingerprint density at radius 2 is 2.03 bits per heavy atom. The van der Waals surface area contributed by atoms with Gasteiger partial charge in [-0.1, -0.05) is 18.2 Å². The van der Waals surface area contributed by atoms with Crippen LogP contribution in [-0.2, 0) is 9.53 Å². The number of anilines is 2. The molecule has 1 fully saturated rings. The molecule has 194 valence electrons. The predicted octanol–water partition coefficient (Wildman–Crippen LogP) is 3.63. The number of fused-ring (bicyclic) bond motifs is 1. The number of halogens is 1. The fourth-order valence-corrected chi connectivity index (χ4v) is 4.60. The second-order valence-corrected chi connectivity index (χ2v) is 8.79. The number of methoxy groups -OCH3 is 1. The van der Waals surface area contributed by atoms with Crippen molar-refractivity contribution < 1.29 is 18.7 Å². The number of hydrogen-bond acceptors (Lipinski definition) is 7. The first kappa shape index (κ1) is 25.0. The van der Waals surface area contributed by atoms with Gasteiger partial charge in [0.25, 0.3) is 5.91 Å². The lowest BCUT2D eigenvalue weighted by atomic mass is 10.1. The van der Waals surface area contributed by atoms with E-state index < -0.39 is 11.7 Å². The summed E-state index contributed by atoms with van der Waals surface area (Å²) in [5, 5.41) is 2.58. The third-order valence-electron chi connectivity index (χ3n) is 6.35. The number of ether oxygens (including phenoxy) is 1. The van der Waals surface area contributed by atoms with Gasteiger partial charge in [0, 0.05) is 55.5 Å². The van der Waals surface area contributed by atoms with E-state index in [0.29, 0.717) is 41.6 Å². The van der Waals surface area contributed by atoms with Gasteiger partial charge in [0.2, 0.25) is 5.91 Å². The maximum atomic E-state index is 13.4. The van der Waals surface area contributed by atoms with Crippen LogP contribution in [0.3, 0.4) is 0 Å². The summed E-state index contributed by atoms with van der Waals surface area (Å²) in [6.45, 7) is 0.977. The summed E-state index contributed by atoms with van der Waals surface area (Å²) in [5.41, 5.74) is 8.59. The molecule has 2 amide bonds. The molecule has 1 aliphatic heterocycles. The van der Waals surface area contributed by atoms with Crippen molar-refractivity contribution in [2.24, 2.45) is 0 Å². The number of carbonyl (C=O) groups excluding carboxylic acids is 2. The maximum absolute atomic E-state index is 13.4. The van der Waals surface area contributed by atoms with Crippen LogP contribution >= 0.6 is 0 Å². The van der Waals surface area contributed by atoms with Gasteiger partial charge in [-0.15, -0.1) is 0 Å². The summed E-state index contributed by atoms with van der Waals surface area (Å²) in [5.74, 6) is 0.0920. The number of nitrogens with zero attached hydrogens (tertiary/aromatic N) is 5. The lowest BCUT2D eigenvalue weighted by Crippen LogP contribution is -2.30. The van der Waals surface area contributed by atoms with E-state index in [2.05, 4.69) is 15.3 Å². The first-order valence-electron chi connectivity index (χ1n) is 12.1. The molecule has 0 saturated carbocycles. The Hall–Kier alpha value is -4.64.